The Labute approximate surface area is 167 Å². The number of sulfonamides is 1. The highest BCUT2D eigenvalue weighted by Crippen LogP contribution is 2.25. The molecular weight excluding hydrogens is 384 g/mol. The van der Waals surface area contributed by atoms with E-state index in [1.54, 1.807) is 23.9 Å². The predicted molar refractivity (Wildman–Crippen MR) is 108 cm³/mol. The molecule has 1 aromatic carbocycles. The highest BCUT2D eigenvalue weighted by atomic mass is 32.2. The first-order valence-corrected chi connectivity index (χ1v) is 12.0. The van der Waals surface area contributed by atoms with Crippen LogP contribution in [0.2, 0.25) is 0 Å². The summed E-state index contributed by atoms with van der Waals surface area (Å²) in [5, 5.41) is 2.93. The molecule has 0 saturated carbocycles. The van der Waals surface area contributed by atoms with Crippen molar-refractivity contribution in [2.75, 3.05) is 32.5 Å². The average molecular weight is 415 g/mol. The van der Waals surface area contributed by atoms with E-state index in [1.165, 1.54) is 4.31 Å². The van der Waals surface area contributed by atoms with Crippen LogP contribution >= 0.6 is 11.8 Å². The zero-order valence-electron chi connectivity index (χ0n) is 16.3. The summed E-state index contributed by atoms with van der Waals surface area (Å²) in [7, 11) is -3.49. The van der Waals surface area contributed by atoms with Gasteiger partial charge in [-0.05, 0) is 63.6 Å². The van der Waals surface area contributed by atoms with Gasteiger partial charge in [0.25, 0.3) is 0 Å². The Balaban J connectivity index is 1.80. The molecule has 0 bridgehead atoms. The van der Waals surface area contributed by atoms with E-state index in [9.17, 15) is 13.2 Å². The first-order valence-electron chi connectivity index (χ1n) is 9.38. The van der Waals surface area contributed by atoms with Gasteiger partial charge in [-0.25, -0.2) is 8.42 Å². The maximum absolute atomic E-state index is 12.8. The Kier molecular flexibility index (Phi) is 8.60. The third-order valence-electron chi connectivity index (χ3n) is 4.59. The fraction of sp³-hybridized carbons (Fsp3) is 0.632. The minimum Gasteiger partial charge on any atom is -0.379 e. The number of amides is 1. The average Bonchev–Trinajstić information content (AvgIpc) is 2.67. The predicted octanol–water partition coefficient (Wildman–Crippen LogP) is 2.74. The molecular formula is C19H30N2O4S2. The summed E-state index contributed by atoms with van der Waals surface area (Å²) < 4.78 is 32.5. The zero-order chi connectivity index (χ0) is 19.9. The fourth-order valence-corrected chi connectivity index (χ4v) is 4.88. The summed E-state index contributed by atoms with van der Waals surface area (Å²) >= 11 is 1.58. The van der Waals surface area contributed by atoms with Crippen LogP contribution < -0.4 is 5.32 Å². The first-order chi connectivity index (χ1) is 12.8. The van der Waals surface area contributed by atoms with E-state index in [0.717, 1.165) is 11.3 Å². The number of hydrogen-bond acceptors (Lipinski definition) is 5. The monoisotopic (exact) mass is 414 g/mol. The molecule has 8 heteroatoms. The number of hydrogen-bond donors (Lipinski definition) is 1. The largest absolute Gasteiger partial charge is 0.379 e. The van der Waals surface area contributed by atoms with Gasteiger partial charge in [0.15, 0.2) is 0 Å². The molecule has 1 heterocycles. The van der Waals surface area contributed by atoms with Crippen LogP contribution in [0.25, 0.3) is 0 Å². The fourth-order valence-electron chi connectivity index (χ4n) is 3.00. The highest BCUT2D eigenvalue weighted by Gasteiger charge is 2.31. The van der Waals surface area contributed by atoms with Gasteiger partial charge >= 0.3 is 0 Å². The number of carbonyl (C=O) groups is 1. The van der Waals surface area contributed by atoms with Crippen molar-refractivity contribution in [3.05, 3.63) is 24.3 Å². The van der Waals surface area contributed by atoms with Gasteiger partial charge < -0.3 is 10.1 Å². The number of benzene rings is 1. The second-order valence-corrected chi connectivity index (χ2v) is 9.74. The third-order valence-corrected chi connectivity index (χ3v) is 7.25. The molecule has 1 aliphatic heterocycles. The Morgan fingerprint density at radius 2 is 1.89 bits per heavy atom. The van der Waals surface area contributed by atoms with Gasteiger partial charge in [-0.15, -0.1) is 11.8 Å². The van der Waals surface area contributed by atoms with Gasteiger partial charge in [0.2, 0.25) is 15.9 Å². The third kappa shape index (κ3) is 6.48. The van der Waals surface area contributed by atoms with Crippen molar-refractivity contribution >= 4 is 27.7 Å². The van der Waals surface area contributed by atoms with Crippen LogP contribution in [0.4, 0.5) is 0 Å². The Bertz CT molecular complexity index is 697. The number of thioether (sulfide) groups is 1. The lowest BCUT2D eigenvalue weighted by atomic mass is 9.97. The van der Waals surface area contributed by atoms with E-state index < -0.39 is 10.0 Å². The first kappa shape index (κ1) is 22.2. The maximum atomic E-state index is 12.8. The highest BCUT2D eigenvalue weighted by molar-refractivity contribution is 7.98. The van der Waals surface area contributed by atoms with Gasteiger partial charge in [0.05, 0.1) is 11.0 Å². The smallest absolute Gasteiger partial charge is 0.243 e. The molecule has 2 rings (SSSR count). The van der Waals surface area contributed by atoms with Crippen LogP contribution in [0.15, 0.2) is 34.1 Å². The minimum atomic E-state index is -3.49. The van der Waals surface area contributed by atoms with E-state index >= 15 is 0 Å². The van der Waals surface area contributed by atoms with Gasteiger partial charge in [-0.1, -0.05) is 0 Å². The molecule has 1 saturated heterocycles. The lowest BCUT2D eigenvalue weighted by Crippen LogP contribution is -2.43. The molecule has 1 fully saturated rings. The molecule has 0 aromatic heterocycles. The summed E-state index contributed by atoms with van der Waals surface area (Å²) in [5.41, 5.74) is 0. The Hall–Kier alpha value is -1.09. The van der Waals surface area contributed by atoms with Crippen molar-refractivity contribution in [1.82, 2.24) is 9.62 Å². The molecule has 1 aliphatic rings. The lowest BCUT2D eigenvalue weighted by Gasteiger charge is -2.30. The molecule has 1 aromatic rings. The maximum Gasteiger partial charge on any atom is 0.243 e. The number of nitrogens with one attached hydrogen (secondary N) is 1. The van der Waals surface area contributed by atoms with E-state index in [4.69, 9.17) is 4.74 Å². The van der Waals surface area contributed by atoms with Crippen LogP contribution in [-0.4, -0.2) is 57.2 Å². The topological polar surface area (TPSA) is 75.7 Å². The quantitative estimate of drug-likeness (QED) is 0.497. The molecule has 152 valence electrons. The van der Waals surface area contributed by atoms with Gasteiger partial charge in [-0.3, -0.25) is 4.79 Å². The molecule has 6 nitrogen and oxygen atoms in total. The summed E-state index contributed by atoms with van der Waals surface area (Å²) in [6.45, 7) is 5.94. The number of rotatable bonds is 9. The molecule has 0 unspecified atom stereocenters. The Morgan fingerprint density at radius 3 is 2.44 bits per heavy atom. The number of ether oxygens (including phenoxy) is 1. The molecule has 0 atom stereocenters. The van der Waals surface area contributed by atoms with Crippen LogP contribution in [0, 0.1) is 5.92 Å². The van der Waals surface area contributed by atoms with Crippen LogP contribution in [0.5, 0.6) is 0 Å². The van der Waals surface area contributed by atoms with E-state index in [0.29, 0.717) is 44.0 Å². The number of piperidine rings is 1. The molecule has 27 heavy (non-hydrogen) atoms. The summed E-state index contributed by atoms with van der Waals surface area (Å²) in [6, 6.07) is 6.94. The van der Waals surface area contributed by atoms with Gasteiger partial charge in [0.1, 0.15) is 0 Å². The van der Waals surface area contributed by atoms with E-state index in [-0.39, 0.29) is 17.9 Å². The van der Waals surface area contributed by atoms with Crippen LogP contribution in [0.1, 0.15) is 33.1 Å². The summed E-state index contributed by atoms with van der Waals surface area (Å²) in [5.74, 6) is -0.109. The minimum absolute atomic E-state index is 0.0147. The Morgan fingerprint density at radius 1 is 1.26 bits per heavy atom. The van der Waals surface area contributed by atoms with Crippen molar-refractivity contribution in [2.24, 2.45) is 5.92 Å². The SMILES string of the molecule is CSc1ccc(S(=O)(=O)N2CCC(C(=O)NCCCOC(C)C)CC2)cc1. The van der Waals surface area contributed by atoms with E-state index in [1.807, 2.05) is 32.2 Å². The molecule has 1 amide bonds. The van der Waals surface area contributed by atoms with Crippen LogP contribution in [-0.2, 0) is 19.6 Å². The van der Waals surface area contributed by atoms with Crippen LogP contribution in [0.3, 0.4) is 0 Å². The molecule has 0 radical (unpaired) electrons. The second kappa shape index (κ2) is 10.5. The summed E-state index contributed by atoms with van der Waals surface area (Å²) in [4.78, 5) is 13.6. The van der Waals surface area contributed by atoms with Crippen molar-refractivity contribution < 1.29 is 17.9 Å². The molecule has 0 spiro atoms. The zero-order valence-corrected chi connectivity index (χ0v) is 17.9. The van der Waals surface area contributed by atoms with Gasteiger partial charge in [0, 0.05) is 37.1 Å². The lowest BCUT2D eigenvalue weighted by molar-refractivity contribution is -0.126. The number of nitrogens with zero attached hydrogens (tertiary/aromatic N) is 1. The molecule has 1 N–H and O–H groups in total. The van der Waals surface area contributed by atoms with Crippen molar-refractivity contribution in [2.45, 2.75) is 49.0 Å². The second-order valence-electron chi connectivity index (χ2n) is 6.92. The van der Waals surface area contributed by atoms with Crippen molar-refractivity contribution in [1.29, 1.82) is 0 Å². The standard InChI is InChI=1S/C19H30N2O4S2/c1-15(2)25-14-4-11-20-19(22)16-9-12-21(13-10-16)27(23,24)18-7-5-17(26-3)6-8-18/h5-8,15-16H,4,9-14H2,1-3H3,(H,20,22). The summed E-state index contributed by atoms with van der Waals surface area (Å²) in [6.07, 6.45) is 4.04. The van der Waals surface area contributed by atoms with Crippen molar-refractivity contribution in [3.8, 4) is 0 Å². The normalized spacial score (nSPS) is 16.6. The van der Waals surface area contributed by atoms with E-state index in [2.05, 4.69) is 5.32 Å². The van der Waals surface area contributed by atoms with Gasteiger partial charge in [-0.2, -0.15) is 4.31 Å². The van der Waals surface area contributed by atoms with Crippen molar-refractivity contribution in [3.63, 3.8) is 0 Å². The number of carbonyl (C=O) groups excluding carboxylic acids is 1. The molecule has 0 aliphatic carbocycles.